The van der Waals surface area contributed by atoms with E-state index < -0.39 is 0 Å². The highest BCUT2D eigenvalue weighted by atomic mass is 16.5. The normalized spacial score (nSPS) is 10.3. The van der Waals surface area contributed by atoms with E-state index in [0.717, 1.165) is 18.8 Å². The number of carbonyl (C=O) groups excluding carboxylic acids is 1. The number of anilines is 1. The van der Waals surface area contributed by atoms with E-state index in [0.29, 0.717) is 31.9 Å². The fourth-order valence-corrected chi connectivity index (χ4v) is 1.50. The van der Waals surface area contributed by atoms with E-state index in [2.05, 4.69) is 22.5 Å². The Morgan fingerprint density at radius 2 is 2.15 bits per heavy atom. The molecule has 112 valence electrons. The zero-order valence-electron chi connectivity index (χ0n) is 12.1. The van der Waals surface area contributed by atoms with Crippen LogP contribution in [0.15, 0.2) is 18.3 Å². The van der Waals surface area contributed by atoms with Gasteiger partial charge in [0.25, 0.3) is 5.91 Å². The first kappa shape index (κ1) is 16.4. The topological polar surface area (TPSA) is 72.5 Å². The predicted molar refractivity (Wildman–Crippen MR) is 78.0 cm³/mol. The fraction of sp³-hybridized carbons (Fsp3) is 0.571. The number of hydrogen-bond acceptors (Lipinski definition) is 5. The van der Waals surface area contributed by atoms with Crippen molar-refractivity contribution in [2.45, 2.75) is 13.3 Å². The lowest BCUT2D eigenvalue weighted by atomic mass is 10.2. The van der Waals surface area contributed by atoms with E-state index in [1.54, 1.807) is 25.4 Å². The van der Waals surface area contributed by atoms with E-state index in [1.807, 2.05) is 0 Å². The molecule has 0 aliphatic heterocycles. The number of pyridine rings is 1. The first-order valence-corrected chi connectivity index (χ1v) is 6.82. The summed E-state index contributed by atoms with van der Waals surface area (Å²) in [6.07, 6.45) is 2.64. The molecule has 0 aliphatic rings. The molecule has 0 bridgehead atoms. The molecule has 0 fully saturated rings. The van der Waals surface area contributed by atoms with Gasteiger partial charge in [-0.1, -0.05) is 6.92 Å². The van der Waals surface area contributed by atoms with Crippen LogP contribution < -0.4 is 10.6 Å². The van der Waals surface area contributed by atoms with Crippen molar-refractivity contribution in [3.05, 3.63) is 23.9 Å². The smallest absolute Gasteiger partial charge is 0.251 e. The molecule has 0 spiro atoms. The average molecular weight is 281 g/mol. The van der Waals surface area contributed by atoms with Gasteiger partial charge in [0, 0.05) is 32.0 Å². The molecule has 0 radical (unpaired) electrons. The minimum Gasteiger partial charge on any atom is -0.382 e. The van der Waals surface area contributed by atoms with Crippen LogP contribution in [0.3, 0.4) is 0 Å². The van der Waals surface area contributed by atoms with Crippen molar-refractivity contribution in [2.24, 2.45) is 0 Å². The highest BCUT2D eigenvalue weighted by molar-refractivity contribution is 5.94. The third-order valence-corrected chi connectivity index (χ3v) is 2.54. The monoisotopic (exact) mass is 281 g/mol. The number of hydrogen-bond donors (Lipinski definition) is 2. The van der Waals surface area contributed by atoms with E-state index >= 15 is 0 Å². The standard InChI is InChI=1S/C14H23N3O3/c1-3-5-15-13-11-12(4-6-16-13)14(18)17-7-8-20-10-9-19-2/h4,6,11H,3,5,7-10H2,1-2H3,(H,15,16)(H,17,18). The molecule has 1 rings (SSSR count). The van der Waals surface area contributed by atoms with Gasteiger partial charge in [0.1, 0.15) is 5.82 Å². The van der Waals surface area contributed by atoms with Gasteiger partial charge in [0.05, 0.1) is 19.8 Å². The number of nitrogens with zero attached hydrogens (tertiary/aromatic N) is 1. The van der Waals surface area contributed by atoms with Crippen molar-refractivity contribution in [1.29, 1.82) is 0 Å². The van der Waals surface area contributed by atoms with Crippen LogP contribution >= 0.6 is 0 Å². The maximum Gasteiger partial charge on any atom is 0.251 e. The van der Waals surface area contributed by atoms with Crippen molar-refractivity contribution in [3.8, 4) is 0 Å². The van der Waals surface area contributed by atoms with Crippen LogP contribution in [-0.2, 0) is 9.47 Å². The number of aromatic nitrogens is 1. The molecule has 0 unspecified atom stereocenters. The Morgan fingerprint density at radius 1 is 1.30 bits per heavy atom. The van der Waals surface area contributed by atoms with Gasteiger partial charge in [-0.05, 0) is 18.6 Å². The molecule has 0 aromatic carbocycles. The quantitative estimate of drug-likeness (QED) is 0.632. The maximum atomic E-state index is 11.9. The number of carbonyl (C=O) groups is 1. The highest BCUT2D eigenvalue weighted by Crippen LogP contribution is 2.06. The molecule has 6 nitrogen and oxygen atoms in total. The van der Waals surface area contributed by atoms with Crippen molar-refractivity contribution in [3.63, 3.8) is 0 Å². The summed E-state index contributed by atoms with van der Waals surface area (Å²) in [6.45, 7) is 4.96. The lowest BCUT2D eigenvalue weighted by Gasteiger charge is -2.08. The lowest BCUT2D eigenvalue weighted by Crippen LogP contribution is -2.27. The van der Waals surface area contributed by atoms with Crippen LogP contribution in [0.5, 0.6) is 0 Å². The van der Waals surface area contributed by atoms with Crippen LogP contribution in [0.1, 0.15) is 23.7 Å². The second kappa shape index (κ2) is 10.2. The first-order chi connectivity index (χ1) is 9.77. The number of rotatable bonds is 10. The van der Waals surface area contributed by atoms with Crippen LogP contribution in [0, 0.1) is 0 Å². The summed E-state index contributed by atoms with van der Waals surface area (Å²) in [7, 11) is 1.62. The van der Waals surface area contributed by atoms with Crippen LogP contribution in [0.4, 0.5) is 5.82 Å². The Balaban J connectivity index is 2.31. The van der Waals surface area contributed by atoms with Crippen molar-refractivity contribution in [1.82, 2.24) is 10.3 Å². The number of methoxy groups -OCH3 is 1. The summed E-state index contributed by atoms with van der Waals surface area (Å²) in [5.74, 6) is 0.595. The fourth-order valence-electron chi connectivity index (χ4n) is 1.50. The summed E-state index contributed by atoms with van der Waals surface area (Å²) < 4.78 is 10.1. The Morgan fingerprint density at radius 3 is 2.90 bits per heavy atom. The minimum atomic E-state index is -0.123. The molecule has 0 saturated carbocycles. The maximum absolute atomic E-state index is 11.9. The molecule has 1 heterocycles. The summed E-state index contributed by atoms with van der Waals surface area (Å²) >= 11 is 0. The number of amides is 1. The molecule has 1 aromatic rings. The van der Waals surface area contributed by atoms with Gasteiger partial charge < -0.3 is 20.1 Å². The van der Waals surface area contributed by atoms with Gasteiger partial charge in [-0.15, -0.1) is 0 Å². The van der Waals surface area contributed by atoms with Gasteiger partial charge in [-0.25, -0.2) is 4.98 Å². The van der Waals surface area contributed by atoms with Crippen LogP contribution in [0.25, 0.3) is 0 Å². The van der Waals surface area contributed by atoms with Crippen molar-refractivity contribution >= 4 is 11.7 Å². The van der Waals surface area contributed by atoms with Crippen molar-refractivity contribution in [2.75, 3.05) is 45.3 Å². The largest absolute Gasteiger partial charge is 0.382 e. The highest BCUT2D eigenvalue weighted by Gasteiger charge is 2.05. The molecule has 6 heteroatoms. The molecule has 0 aliphatic carbocycles. The second-order valence-corrected chi connectivity index (χ2v) is 4.22. The van der Waals surface area contributed by atoms with Crippen LogP contribution in [-0.4, -0.2) is 50.9 Å². The number of ether oxygens (including phenoxy) is 2. The Kier molecular flexibility index (Phi) is 8.33. The third-order valence-electron chi connectivity index (χ3n) is 2.54. The average Bonchev–Trinajstić information content (AvgIpc) is 2.48. The van der Waals surface area contributed by atoms with Gasteiger partial charge in [-0.3, -0.25) is 4.79 Å². The summed E-state index contributed by atoms with van der Waals surface area (Å²) in [6, 6.07) is 3.44. The van der Waals surface area contributed by atoms with Gasteiger partial charge in [-0.2, -0.15) is 0 Å². The summed E-state index contributed by atoms with van der Waals surface area (Å²) in [5, 5.41) is 5.95. The van der Waals surface area contributed by atoms with E-state index in [9.17, 15) is 4.79 Å². The van der Waals surface area contributed by atoms with Crippen LogP contribution in [0.2, 0.25) is 0 Å². The van der Waals surface area contributed by atoms with Gasteiger partial charge >= 0.3 is 0 Å². The Labute approximate surface area is 119 Å². The number of nitrogens with one attached hydrogen (secondary N) is 2. The molecular weight excluding hydrogens is 258 g/mol. The zero-order chi connectivity index (χ0) is 14.6. The molecular formula is C14H23N3O3. The van der Waals surface area contributed by atoms with E-state index in [4.69, 9.17) is 9.47 Å². The Bertz CT molecular complexity index is 399. The molecule has 1 aromatic heterocycles. The predicted octanol–water partition coefficient (Wildman–Crippen LogP) is 1.30. The molecule has 20 heavy (non-hydrogen) atoms. The zero-order valence-corrected chi connectivity index (χ0v) is 12.1. The van der Waals surface area contributed by atoms with Gasteiger partial charge in [0.2, 0.25) is 0 Å². The minimum absolute atomic E-state index is 0.123. The molecule has 0 saturated heterocycles. The summed E-state index contributed by atoms with van der Waals surface area (Å²) in [4.78, 5) is 16.1. The third kappa shape index (κ3) is 6.49. The molecule has 1 amide bonds. The first-order valence-electron chi connectivity index (χ1n) is 6.82. The lowest BCUT2D eigenvalue weighted by molar-refractivity contribution is 0.0692. The summed E-state index contributed by atoms with van der Waals surface area (Å²) in [5.41, 5.74) is 0.593. The van der Waals surface area contributed by atoms with Gasteiger partial charge in [0.15, 0.2) is 0 Å². The van der Waals surface area contributed by atoms with E-state index in [-0.39, 0.29) is 5.91 Å². The molecule has 0 atom stereocenters. The SMILES string of the molecule is CCCNc1cc(C(=O)NCCOCCOC)ccn1. The molecule has 2 N–H and O–H groups in total. The second-order valence-electron chi connectivity index (χ2n) is 4.22. The Hall–Kier alpha value is -1.66. The van der Waals surface area contributed by atoms with E-state index in [1.165, 1.54) is 0 Å². The van der Waals surface area contributed by atoms with Crippen molar-refractivity contribution < 1.29 is 14.3 Å².